The number of hydrogen-bond donors (Lipinski definition) is 0. The van der Waals surface area contributed by atoms with Crippen LogP contribution in [0, 0.1) is 0 Å². The Bertz CT molecular complexity index is 1020. The van der Waals surface area contributed by atoms with Crippen molar-refractivity contribution >= 4 is 33.0 Å². The van der Waals surface area contributed by atoms with E-state index in [2.05, 4.69) is 46.8 Å². The highest BCUT2D eigenvalue weighted by Gasteiger charge is 2.38. The lowest BCUT2D eigenvalue weighted by Gasteiger charge is -2.37. The number of piperazine rings is 1. The van der Waals surface area contributed by atoms with E-state index in [-0.39, 0.29) is 11.3 Å². The van der Waals surface area contributed by atoms with Crippen molar-refractivity contribution in [1.82, 2.24) is 9.29 Å². The second-order valence-electron chi connectivity index (χ2n) is 8.13. The molecule has 2 aromatic rings. The van der Waals surface area contributed by atoms with Gasteiger partial charge in [0.15, 0.2) is 0 Å². The summed E-state index contributed by atoms with van der Waals surface area (Å²) in [6, 6.07) is 8.26. The van der Waals surface area contributed by atoms with Crippen molar-refractivity contribution in [3.63, 3.8) is 0 Å². The maximum Gasteiger partial charge on any atom is 0.213 e. The number of benzene rings is 1. The number of nitrogens with zero attached hydrogens (tertiary/aromatic N) is 4. The lowest BCUT2D eigenvalue weighted by molar-refractivity contribution is 0.385. The van der Waals surface area contributed by atoms with Crippen molar-refractivity contribution in [2.45, 2.75) is 32.9 Å². The van der Waals surface area contributed by atoms with E-state index >= 15 is 0 Å². The van der Waals surface area contributed by atoms with Crippen molar-refractivity contribution in [2.24, 2.45) is 0 Å². The van der Waals surface area contributed by atoms with Crippen molar-refractivity contribution in [2.75, 3.05) is 41.7 Å². The average molecular weight is 435 g/mol. The first-order valence-corrected chi connectivity index (χ1v) is 12.0. The van der Waals surface area contributed by atoms with Gasteiger partial charge in [-0.1, -0.05) is 17.7 Å². The summed E-state index contributed by atoms with van der Waals surface area (Å²) in [5, 5.41) is 0.755. The molecule has 2 aliphatic heterocycles. The zero-order valence-electron chi connectivity index (χ0n) is 17.1. The van der Waals surface area contributed by atoms with E-state index in [0.29, 0.717) is 26.2 Å². The number of aromatic nitrogens is 1. The molecule has 6 nitrogen and oxygen atoms in total. The number of anilines is 2. The number of rotatable bonds is 4. The molecule has 29 heavy (non-hydrogen) atoms. The van der Waals surface area contributed by atoms with Crippen molar-refractivity contribution < 1.29 is 8.42 Å². The molecule has 0 atom stereocenters. The molecule has 156 valence electrons. The minimum atomic E-state index is -3.13. The Labute approximate surface area is 178 Å². The Kier molecular flexibility index (Phi) is 5.25. The molecule has 0 unspecified atom stereocenters. The Morgan fingerprint density at radius 1 is 1.07 bits per heavy atom. The van der Waals surface area contributed by atoms with Gasteiger partial charge in [0.2, 0.25) is 10.0 Å². The van der Waals surface area contributed by atoms with Crippen LogP contribution in [0.5, 0.6) is 0 Å². The number of sulfonamides is 1. The lowest BCUT2D eigenvalue weighted by atomic mass is 9.93. The van der Waals surface area contributed by atoms with Gasteiger partial charge in [-0.3, -0.25) is 4.98 Å². The smallest absolute Gasteiger partial charge is 0.213 e. The van der Waals surface area contributed by atoms with E-state index in [1.807, 2.05) is 18.5 Å². The van der Waals surface area contributed by atoms with E-state index in [0.717, 1.165) is 22.9 Å². The summed E-state index contributed by atoms with van der Waals surface area (Å²) in [7, 11) is -3.13. The summed E-state index contributed by atoms with van der Waals surface area (Å²) in [4.78, 5) is 9.06. The largest absolute Gasteiger partial charge is 0.368 e. The molecule has 0 N–H and O–H groups in total. The summed E-state index contributed by atoms with van der Waals surface area (Å²) in [6.07, 6.45) is 3.76. The minimum absolute atomic E-state index is 0.151. The zero-order chi connectivity index (χ0) is 20.8. The molecular weight excluding hydrogens is 408 g/mol. The first-order chi connectivity index (χ1) is 13.7. The molecule has 0 saturated carbocycles. The molecule has 8 heteroatoms. The summed E-state index contributed by atoms with van der Waals surface area (Å²) in [5.74, 6) is 0.151. The molecule has 4 rings (SSSR count). The summed E-state index contributed by atoms with van der Waals surface area (Å²) in [6.45, 7) is 9.28. The molecule has 1 aromatic carbocycles. The van der Waals surface area contributed by atoms with Crippen LogP contribution < -0.4 is 9.80 Å². The van der Waals surface area contributed by atoms with Gasteiger partial charge in [-0.15, -0.1) is 0 Å². The van der Waals surface area contributed by atoms with Crippen molar-refractivity contribution in [3.05, 3.63) is 52.8 Å². The van der Waals surface area contributed by atoms with E-state index in [9.17, 15) is 8.42 Å². The van der Waals surface area contributed by atoms with Crippen LogP contribution in [0.15, 0.2) is 36.7 Å². The van der Waals surface area contributed by atoms with Crippen molar-refractivity contribution in [3.8, 4) is 0 Å². The number of halogens is 1. The molecule has 0 amide bonds. The topological polar surface area (TPSA) is 56.8 Å². The third-order valence-corrected chi connectivity index (χ3v) is 8.23. The molecule has 2 aliphatic rings. The van der Waals surface area contributed by atoms with E-state index < -0.39 is 10.0 Å². The third-order valence-electron chi connectivity index (χ3n) is 6.12. The standard InChI is InChI=1S/C21H27ClN4O2S/c1-4-29(27,28)25-9-7-24(8-10-25)18-12-19(14-23-13-18)26-15-16-5-6-17(22)11-20(16)21(26,2)3/h5-6,11-14H,4,7-10,15H2,1-3H3. The quantitative estimate of drug-likeness (QED) is 0.737. The van der Waals surface area contributed by atoms with Crippen LogP contribution in [0.3, 0.4) is 0 Å². The van der Waals surface area contributed by atoms with E-state index in [4.69, 9.17) is 11.6 Å². The molecule has 0 spiro atoms. The number of pyridine rings is 1. The Morgan fingerprint density at radius 3 is 2.45 bits per heavy atom. The second-order valence-corrected chi connectivity index (χ2v) is 10.8. The molecule has 1 fully saturated rings. The second kappa shape index (κ2) is 7.45. The van der Waals surface area contributed by atoms with Crippen molar-refractivity contribution in [1.29, 1.82) is 0 Å². The highest BCUT2D eigenvalue weighted by Crippen LogP contribution is 2.43. The summed E-state index contributed by atoms with van der Waals surface area (Å²) >= 11 is 6.24. The summed E-state index contributed by atoms with van der Waals surface area (Å²) < 4.78 is 25.8. The fourth-order valence-corrected chi connectivity index (χ4v) is 5.58. The van der Waals surface area contributed by atoms with E-state index in [1.54, 1.807) is 11.2 Å². The predicted molar refractivity (Wildman–Crippen MR) is 118 cm³/mol. The maximum atomic E-state index is 12.1. The SMILES string of the molecule is CCS(=O)(=O)N1CCN(c2cncc(N3Cc4ccc(Cl)cc4C3(C)C)c2)CC1. The van der Waals surface area contributed by atoms with Crippen LogP contribution in [0.1, 0.15) is 31.9 Å². The lowest BCUT2D eigenvalue weighted by Crippen LogP contribution is -2.49. The predicted octanol–water partition coefficient (Wildman–Crippen LogP) is 3.46. The van der Waals surface area contributed by atoms with Crippen LogP contribution in [0.2, 0.25) is 5.02 Å². The maximum absolute atomic E-state index is 12.1. The molecule has 0 bridgehead atoms. The monoisotopic (exact) mass is 434 g/mol. The highest BCUT2D eigenvalue weighted by atomic mass is 35.5. The fraction of sp³-hybridized carbons (Fsp3) is 0.476. The first-order valence-electron chi connectivity index (χ1n) is 9.97. The summed E-state index contributed by atoms with van der Waals surface area (Å²) in [5.41, 5.74) is 4.43. The van der Waals surface area contributed by atoms with Gasteiger partial charge in [0, 0.05) is 37.7 Å². The van der Waals surface area contributed by atoms with Crippen LogP contribution >= 0.6 is 11.6 Å². The van der Waals surface area contributed by atoms with Gasteiger partial charge in [0.25, 0.3) is 0 Å². The van der Waals surface area contributed by atoms with Gasteiger partial charge in [0.05, 0.1) is 35.1 Å². The molecule has 0 radical (unpaired) electrons. The van der Waals surface area contributed by atoms with Crippen LogP contribution in [0.25, 0.3) is 0 Å². The molecule has 3 heterocycles. The molecule has 0 aliphatic carbocycles. The van der Waals surface area contributed by atoms with Crippen LogP contribution in [-0.2, 0) is 22.1 Å². The minimum Gasteiger partial charge on any atom is -0.368 e. The Balaban J connectivity index is 1.55. The highest BCUT2D eigenvalue weighted by molar-refractivity contribution is 7.89. The van der Waals surface area contributed by atoms with Gasteiger partial charge < -0.3 is 9.80 Å². The van der Waals surface area contributed by atoms with Gasteiger partial charge in [0.1, 0.15) is 0 Å². The number of hydrogen-bond acceptors (Lipinski definition) is 5. The Morgan fingerprint density at radius 2 is 1.76 bits per heavy atom. The van der Waals surface area contributed by atoms with Gasteiger partial charge in [-0.05, 0) is 50.1 Å². The molecular formula is C21H27ClN4O2S. The Hall–Kier alpha value is -1.83. The average Bonchev–Trinajstić information content (AvgIpc) is 2.98. The number of fused-ring (bicyclic) bond motifs is 1. The fourth-order valence-electron chi connectivity index (χ4n) is 4.33. The van der Waals surface area contributed by atoms with Gasteiger partial charge >= 0.3 is 0 Å². The molecule has 1 saturated heterocycles. The third kappa shape index (κ3) is 3.71. The van der Waals surface area contributed by atoms with Crippen LogP contribution in [0.4, 0.5) is 11.4 Å². The van der Waals surface area contributed by atoms with Gasteiger partial charge in [-0.2, -0.15) is 4.31 Å². The zero-order valence-corrected chi connectivity index (χ0v) is 18.7. The molecule has 1 aromatic heterocycles. The first kappa shape index (κ1) is 20.4. The van der Waals surface area contributed by atoms with E-state index in [1.165, 1.54) is 11.1 Å². The van der Waals surface area contributed by atoms with Gasteiger partial charge in [-0.25, -0.2) is 8.42 Å². The normalized spacial score (nSPS) is 19.4. The van der Waals surface area contributed by atoms with Crippen LogP contribution in [-0.4, -0.2) is 49.6 Å².